The first-order chi connectivity index (χ1) is 19.0. The van der Waals surface area contributed by atoms with E-state index in [-0.39, 0.29) is 43.4 Å². The second kappa shape index (κ2) is 15.9. The molecule has 13 nitrogen and oxygen atoms in total. The summed E-state index contributed by atoms with van der Waals surface area (Å²) in [7, 11) is 0. The van der Waals surface area contributed by atoms with Crippen LogP contribution in [0.1, 0.15) is 31.7 Å². The minimum atomic E-state index is -5.08. The van der Waals surface area contributed by atoms with Crippen LogP contribution in [0.3, 0.4) is 0 Å². The highest BCUT2D eigenvalue weighted by atomic mass is 19.4. The van der Waals surface area contributed by atoms with Gasteiger partial charge in [-0.15, -0.1) is 0 Å². The fourth-order valence-electron chi connectivity index (χ4n) is 3.31. The smallest absolute Gasteiger partial charge is 0.475 e. The van der Waals surface area contributed by atoms with Crippen LogP contribution in [0, 0.1) is 5.92 Å². The van der Waals surface area contributed by atoms with E-state index >= 15 is 0 Å². The number of imide groups is 1. The molecule has 0 radical (unpaired) electrons. The van der Waals surface area contributed by atoms with Crippen molar-refractivity contribution in [3.8, 4) is 0 Å². The number of rotatable bonds is 13. The molecule has 224 valence electrons. The first-order valence-electron chi connectivity index (χ1n) is 12.1. The summed E-state index contributed by atoms with van der Waals surface area (Å²) in [6.45, 7) is 1.53. The zero-order valence-electron chi connectivity index (χ0n) is 21.9. The van der Waals surface area contributed by atoms with Gasteiger partial charge in [-0.1, -0.05) is 12.1 Å². The number of ketones is 2. The maximum atomic E-state index is 12.8. The maximum absolute atomic E-state index is 12.8. The van der Waals surface area contributed by atoms with Crippen LogP contribution in [-0.4, -0.2) is 76.6 Å². The van der Waals surface area contributed by atoms with Crippen molar-refractivity contribution in [2.24, 2.45) is 17.4 Å². The molecule has 0 unspecified atom stereocenters. The van der Waals surface area contributed by atoms with E-state index in [1.807, 2.05) is 0 Å². The number of carboxylic acid groups (broad SMARTS) is 1. The van der Waals surface area contributed by atoms with Gasteiger partial charge in [-0.3, -0.25) is 28.9 Å². The largest absolute Gasteiger partial charge is 0.490 e. The Morgan fingerprint density at radius 3 is 2.02 bits per heavy atom. The summed E-state index contributed by atoms with van der Waals surface area (Å²) in [4.78, 5) is 80.8. The van der Waals surface area contributed by atoms with Crippen molar-refractivity contribution in [2.75, 3.05) is 18.4 Å². The highest BCUT2D eigenvalue weighted by Crippen LogP contribution is 2.18. The molecule has 1 aromatic rings. The number of anilines is 1. The third kappa shape index (κ3) is 12.9. The molecule has 0 aromatic heterocycles. The van der Waals surface area contributed by atoms with E-state index in [1.54, 1.807) is 31.2 Å². The molecule has 41 heavy (non-hydrogen) atoms. The van der Waals surface area contributed by atoms with Gasteiger partial charge >= 0.3 is 18.2 Å². The number of nitrogens with zero attached hydrogens (tertiary/aromatic N) is 1. The molecule has 2 atom stereocenters. The van der Waals surface area contributed by atoms with Gasteiger partial charge in [-0.05, 0) is 37.5 Å². The van der Waals surface area contributed by atoms with Crippen LogP contribution in [0.4, 0.5) is 23.7 Å². The highest BCUT2D eigenvalue weighted by molar-refractivity contribution is 6.14. The molecule has 0 spiro atoms. The molecule has 1 aliphatic rings. The van der Waals surface area contributed by atoms with Crippen LogP contribution in [0.25, 0.3) is 0 Å². The minimum absolute atomic E-state index is 0.0175. The van der Waals surface area contributed by atoms with E-state index in [4.69, 9.17) is 21.4 Å². The Morgan fingerprint density at radius 1 is 1.02 bits per heavy atom. The van der Waals surface area contributed by atoms with E-state index in [0.717, 1.165) is 17.1 Å². The normalized spacial score (nSPS) is 14.0. The Morgan fingerprint density at radius 2 is 1.56 bits per heavy atom. The molecule has 0 fully saturated rings. The standard InChI is InChI=1S/C23H29N5O6.C2HF3O2/c1-14(24)19(30)12-16(3-2-10-26-23(25)34)22(33)27-17-6-4-15(5-7-17)11-18(29)13-28-20(31)8-9-21(28)32;3-2(4,5)1(6)7/h4-9,14,16H,2-3,10-13,24H2,1H3,(H,27,33)(H3,25,26,34);(H,6,7)/t14-,16+;/m0./s1. The van der Waals surface area contributed by atoms with Gasteiger partial charge in [0.1, 0.15) is 5.78 Å². The molecule has 0 saturated carbocycles. The van der Waals surface area contributed by atoms with Crippen molar-refractivity contribution in [3.05, 3.63) is 42.0 Å². The lowest BCUT2D eigenvalue weighted by atomic mass is 9.93. The van der Waals surface area contributed by atoms with Gasteiger partial charge in [0.2, 0.25) is 5.91 Å². The summed E-state index contributed by atoms with van der Waals surface area (Å²) in [5, 5.41) is 12.3. The molecule has 1 heterocycles. The molecular weight excluding hydrogens is 555 g/mol. The molecule has 1 aliphatic heterocycles. The fourth-order valence-corrected chi connectivity index (χ4v) is 3.31. The number of nitrogens with one attached hydrogen (secondary N) is 2. The van der Waals surface area contributed by atoms with Crippen LogP contribution in [-0.2, 0) is 35.2 Å². The average molecular weight is 586 g/mol. The van der Waals surface area contributed by atoms with Crippen LogP contribution < -0.4 is 22.1 Å². The zero-order chi connectivity index (χ0) is 31.3. The number of hydrogen-bond donors (Lipinski definition) is 5. The number of Topliss-reactive ketones (excluding diaryl/α,β-unsaturated/α-hetero) is 2. The Labute approximate surface area is 232 Å². The quantitative estimate of drug-likeness (QED) is 0.162. The van der Waals surface area contributed by atoms with E-state index in [0.29, 0.717) is 24.1 Å². The molecule has 16 heteroatoms. The third-order valence-corrected chi connectivity index (χ3v) is 5.46. The Kier molecular flexibility index (Phi) is 13.3. The first-order valence-corrected chi connectivity index (χ1v) is 12.1. The van der Waals surface area contributed by atoms with Gasteiger partial charge in [-0.2, -0.15) is 13.2 Å². The summed E-state index contributed by atoms with van der Waals surface area (Å²) >= 11 is 0. The van der Waals surface area contributed by atoms with Crippen molar-refractivity contribution < 1.29 is 51.8 Å². The van der Waals surface area contributed by atoms with E-state index in [2.05, 4.69) is 10.6 Å². The predicted molar refractivity (Wildman–Crippen MR) is 137 cm³/mol. The number of carbonyl (C=O) groups is 7. The van der Waals surface area contributed by atoms with Crippen molar-refractivity contribution in [1.82, 2.24) is 10.2 Å². The molecule has 0 aliphatic carbocycles. The van der Waals surface area contributed by atoms with Crippen molar-refractivity contribution >= 4 is 47.0 Å². The van der Waals surface area contributed by atoms with Crippen molar-refractivity contribution in [3.63, 3.8) is 0 Å². The number of carboxylic acids is 1. The van der Waals surface area contributed by atoms with E-state index in [1.165, 1.54) is 0 Å². The first kappa shape index (κ1) is 34.4. The number of benzene rings is 1. The number of carbonyl (C=O) groups excluding carboxylic acids is 6. The van der Waals surface area contributed by atoms with Gasteiger partial charge in [0, 0.05) is 43.1 Å². The molecule has 0 bridgehead atoms. The second-order valence-electron chi connectivity index (χ2n) is 8.89. The number of nitrogens with two attached hydrogens (primary N) is 2. The second-order valence-corrected chi connectivity index (χ2v) is 8.89. The summed E-state index contributed by atoms with van der Waals surface area (Å²) in [5.74, 6) is -5.34. The number of alkyl halides is 3. The van der Waals surface area contributed by atoms with Crippen LogP contribution in [0.15, 0.2) is 36.4 Å². The van der Waals surface area contributed by atoms with Crippen LogP contribution >= 0.6 is 0 Å². The molecule has 7 N–H and O–H groups in total. The average Bonchev–Trinajstić information content (AvgIpc) is 3.18. The predicted octanol–water partition coefficient (Wildman–Crippen LogP) is 0.666. The summed E-state index contributed by atoms with van der Waals surface area (Å²) < 4.78 is 31.7. The van der Waals surface area contributed by atoms with Crippen LogP contribution in [0.5, 0.6) is 0 Å². The van der Waals surface area contributed by atoms with Gasteiger partial charge in [0.15, 0.2) is 5.78 Å². The fraction of sp³-hybridized carbons (Fsp3) is 0.400. The van der Waals surface area contributed by atoms with E-state index < -0.39 is 42.0 Å². The maximum Gasteiger partial charge on any atom is 0.490 e. The lowest BCUT2D eigenvalue weighted by molar-refractivity contribution is -0.192. The van der Waals surface area contributed by atoms with Gasteiger partial charge in [0.05, 0.1) is 12.6 Å². The molecule has 5 amide bonds. The Hall–Kier alpha value is -4.60. The number of aliphatic carboxylic acids is 1. The number of amides is 5. The molecule has 1 aromatic carbocycles. The Bertz CT molecular complexity index is 1160. The monoisotopic (exact) mass is 585 g/mol. The van der Waals surface area contributed by atoms with Crippen molar-refractivity contribution in [1.29, 1.82) is 0 Å². The number of halogens is 3. The number of urea groups is 1. The lowest BCUT2D eigenvalue weighted by Gasteiger charge is -2.17. The summed E-state index contributed by atoms with van der Waals surface area (Å²) in [5.41, 5.74) is 11.8. The minimum Gasteiger partial charge on any atom is -0.475 e. The van der Waals surface area contributed by atoms with Gasteiger partial charge in [0.25, 0.3) is 11.8 Å². The van der Waals surface area contributed by atoms with Crippen LogP contribution in [0.2, 0.25) is 0 Å². The topological polar surface area (TPSA) is 219 Å². The highest BCUT2D eigenvalue weighted by Gasteiger charge is 2.38. The van der Waals surface area contributed by atoms with Crippen molar-refractivity contribution in [2.45, 2.75) is 44.8 Å². The summed E-state index contributed by atoms with van der Waals surface area (Å²) in [6, 6.07) is 5.18. The lowest BCUT2D eigenvalue weighted by Crippen LogP contribution is -2.35. The third-order valence-electron chi connectivity index (χ3n) is 5.46. The number of hydrogen-bond acceptors (Lipinski definition) is 8. The van der Waals surface area contributed by atoms with Gasteiger partial charge in [-0.25, -0.2) is 9.59 Å². The zero-order valence-corrected chi connectivity index (χ0v) is 21.9. The van der Waals surface area contributed by atoms with Gasteiger partial charge < -0.3 is 27.2 Å². The molecule has 0 saturated heterocycles. The molecular formula is C25H30F3N5O8. The SMILES string of the molecule is C[C@H](N)C(=O)C[C@@H](CCCNC(N)=O)C(=O)Nc1ccc(CC(=O)CN2C(=O)C=CC2=O)cc1.O=C(O)C(F)(F)F. The summed E-state index contributed by atoms with van der Waals surface area (Å²) in [6.07, 6.45) is -2.06. The Balaban J connectivity index is 0.00000106. The molecule has 2 rings (SSSR count). The number of primary amides is 1. The van der Waals surface area contributed by atoms with E-state index in [9.17, 15) is 41.9 Å².